The van der Waals surface area contributed by atoms with Crippen molar-refractivity contribution in [1.82, 2.24) is 0 Å². The highest BCUT2D eigenvalue weighted by Crippen LogP contribution is 2.30. The third kappa shape index (κ3) is 3.50. The maximum Gasteiger partial charge on any atom is 0.229 e. The van der Waals surface area contributed by atoms with Crippen LogP contribution in [0.4, 0.5) is 11.4 Å². The molecule has 0 aromatic heterocycles. The topological polar surface area (TPSA) is 58.6 Å². The molecule has 1 heterocycles. The number of carbonyl (C=O) groups is 2. The van der Waals surface area contributed by atoms with Gasteiger partial charge < -0.3 is 15.0 Å². The minimum atomic E-state index is -0.352. The van der Waals surface area contributed by atoms with Gasteiger partial charge in [-0.1, -0.05) is 12.1 Å². The second-order valence-corrected chi connectivity index (χ2v) is 6.34. The van der Waals surface area contributed by atoms with Gasteiger partial charge in [-0.05, 0) is 55.3 Å². The van der Waals surface area contributed by atoms with Crippen molar-refractivity contribution in [2.24, 2.45) is 5.92 Å². The highest BCUT2D eigenvalue weighted by molar-refractivity contribution is 6.03. The lowest BCUT2D eigenvalue weighted by molar-refractivity contribution is -0.122. The second kappa shape index (κ2) is 6.97. The Labute approximate surface area is 147 Å². The Hall–Kier alpha value is -2.82. The largest absolute Gasteiger partial charge is 0.497 e. The fourth-order valence-electron chi connectivity index (χ4n) is 3.06. The second-order valence-electron chi connectivity index (χ2n) is 6.34. The molecule has 130 valence electrons. The Morgan fingerprint density at radius 3 is 2.56 bits per heavy atom. The minimum absolute atomic E-state index is 0.0106. The van der Waals surface area contributed by atoms with Crippen LogP contribution in [0.15, 0.2) is 42.5 Å². The van der Waals surface area contributed by atoms with E-state index in [4.69, 9.17) is 4.74 Å². The summed E-state index contributed by atoms with van der Waals surface area (Å²) in [5.41, 5.74) is 3.80. The zero-order valence-electron chi connectivity index (χ0n) is 14.7. The number of rotatable bonds is 4. The zero-order valence-corrected chi connectivity index (χ0v) is 14.7. The number of nitrogens with zero attached hydrogens (tertiary/aromatic N) is 1. The van der Waals surface area contributed by atoms with E-state index in [1.165, 1.54) is 0 Å². The first kappa shape index (κ1) is 17.0. The Bertz CT molecular complexity index is 799. The molecule has 3 rings (SSSR count). The molecule has 0 spiro atoms. The molecule has 1 fully saturated rings. The first-order valence-electron chi connectivity index (χ1n) is 8.31. The summed E-state index contributed by atoms with van der Waals surface area (Å²) in [6.45, 7) is 4.43. The summed E-state index contributed by atoms with van der Waals surface area (Å²) in [6.07, 6.45) is 0.232. The Morgan fingerprint density at radius 2 is 1.88 bits per heavy atom. The smallest absolute Gasteiger partial charge is 0.229 e. The Morgan fingerprint density at radius 1 is 1.16 bits per heavy atom. The van der Waals surface area contributed by atoms with Crippen LogP contribution in [0.2, 0.25) is 0 Å². The van der Waals surface area contributed by atoms with E-state index in [0.717, 1.165) is 22.6 Å². The van der Waals surface area contributed by atoms with Gasteiger partial charge in [-0.3, -0.25) is 9.59 Å². The van der Waals surface area contributed by atoms with Gasteiger partial charge in [-0.25, -0.2) is 0 Å². The molecular formula is C20H22N2O3. The van der Waals surface area contributed by atoms with Crippen LogP contribution in [0.1, 0.15) is 17.5 Å². The van der Waals surface area contributed by atoms with Gasteiger partial charge >= 0.3 is 0 Å². The number of ether oxygens (including phenoxy) is 1. The number of methoxy groups -OCH3 is 1. The predicted molar refractivity (Wildman–Crippen MR) is 98.0 cm³/mol. The number of benzene rings is 2. The van der Waals surface area contributed by atoms with Gasteiger partial charge in [-0.2, -0.15) is 0 Å². The van der Waals surface area contributed by atoms with Gasteiger partial charge in [0.2, 0.25) is 11.8 Å². The molecule has 0 unspecified atom stereocenters. The maximum atomic E-state index is 12.5. The van der Waals surface area contributed by atoms with Crippen molar-refractivity contribution < 1.29 is 14.3 Å². The quantitative estimate of drug-likeness (QED) is 0.930. The highest BCUT2D eigenvalue weighted by atomic mass is 16.5. The number of aryl methyl sites for hydroxylation is 1. The first-order valence-corrected chi connectivity index (χ1v) is 8.31. The average molecular weight is 338 g/mol. The van der Waals surface area contributed by atoms with E-state index in [0.29, 0.717) is 12.2 Å². The van der Waals surface area contributed by atoms with Crippen molar-refractivity contribution in [2.45, 2.75) is 20.3 Å². The Balaban J connectivity index is 1.71. The normalized spacial score (nSPS) is 16.8. The summed E-state index contributed by atoms with van der Waals surface area (Å²) < 4.78 is 5.11. The van der Waals surface area contributed by atoms with Crippen LogP contribution >= 0.6 is 0 Å². The minimum Gasteiger partial charge on any atom is -0.497 e. The summed E-state index contributed by atoms with van der Waals surface area (Å²) in [5.74, 6) is 0.236. The summed E-state index contributed by atoms with van der Waals surface area (Å²) >= 11 is 0. The van der Waals surface area contributed by atoms with Gasteiger partial charge in [0, 0.05) is 24.3 Å². The van der Waals surface area contributed by atoms with Crippen LogP contribution in [-0.2, 0) is 9.59 Å². The molecule has 5 heteroatoms. The van der Waals surface area contributed by atoms with Crippen LogP contribution in [0.3, 0.4) is 0 Å². The number of anilines is 2. The van der Waals surface area contributed by atoms with Gasteiger partial charge in [0.25, 0.3) is 0 Å². The van der Waals surface area contributed by atoms with Crippen molar-refractivity contribution in [3.8, 4) is 5.75 Å². The van der Waals surface area contributed by atoms with Crippen LogP contribution in [0, 0.1) is 19.8 Å². The van der Waals surface area contributed by atoms with Crippen molar-refractivity contribution in [3.63, 3.8) is 0 Å². The maximum absolute atomic E-state index is 12.5. The number of hydrogen-bond acceptors (Lipinski definition) is 3. The van der Waals surface area contributed by atoms with Crippen LogP contribution in [-0.4, -0.2) is 25.5 Å². The van der Waals surface area contributed by atoms with E-state index >= 15 is 0 Å². The molecule has 1 aliphatic heterocycles. The van der Waals surface area contributed by atoms with Gasteiger partial charge in [0.1, 0.15) is 5.75 Å². The molecular weight excluding hydrogens is 316 g/mol. The summed E-state index contributed by atoms with van der Waals surface area (Å²) in [6, 6.07) is 13.1. The highest BCUT2D eigenvalue weighted by Gasteiger charge is 2.35. The molecule has 0 bridgehead atoms. The van der Waals surface area contributed by atoms with E-state index in [2.05, 4.69) is 5.32 Å². The average Bonchev–Trinajstić information content (AvgIpc) is 3.00. The molecule has 0 radical (unpaired) electrons. The van der Waals surface area contributed by atoms with Crippen molar-refractivity contribution in [2.75, 3.05) is 23.9 Å². The number of nitrogens with one attached hydrogen (secondary N) is 1. The SMILES string of the molecule is COc1ccc(NC(=O)[C@@H]2CC(=O)N(c3cccc(C)c3C)C2)cc1. The number of carbonyl (C=O) groups excluding carboxylic acids is 2. The molecule has 1 aliphatic rings. The fraction of sp³-hybridized carbons (Fsp3) is 0.300. The third-order valence-corrected chi connectivity index (χ3v) is 4.72. The van der Waals surface area contributed by atoms with Crippen molar-refractivity contribution in [3.05, 3.63) is 53.6 Å². The van der Waals surface area contributed by atoms with E-state index in [-0.39, 0.29) is 24.2 Å². The molecule has 5 nitrogen and oxygen atoms in total. The summed E-state index contributed by atoms with van der Waals surface area (Å²) in [7, 11) is 1.60. The monoisotopic (exact) mass is 338 g/mol. The molecule has 2 aromatic carbocycles. The van der Waals surface area contributed by atoms with Crippen LogP contribution in [0.5, 0.6) is 5.75 Å². The van der Waals surface area contributed by atoms with Gasteiger partial charge in [0.05, 0.1) is 13.0 Å². The number of hydrogen-bond donors (Lipinski definition) is 1. The molecule has 1 atom stereocenters. The lowest BCUT2D eigenvalue weighted by atomic mass is 10.1. The molecule has 1 saturated heterocycles. The van der Waals surface area contributed by atoms with Gasteiger partial charge in [-0.15, -0.1) is 0 Å². The van der Waals surface area contributed by atoms with Crippen LogP contribution in [0.25, 0.3) is 0 Å². The first-order chi connectivity index (χ1) is 12.0. The van der Waals surface area contributed by atoms with E-state index in [1.54, 1.807) is 36.3 Å². The summed E-state index contributed by atoms with van der Waals surface area (Å²) in [4.78, 5) is 26.7. The molecule has 0 aliphatic carbocycles. The fourth-order valence-corrected chi connectivity index (χ4v) is 3.06. The molecule has 0 saturated carbocycles. The van der Waals surface area contributed by atoms with Gasteiger partial charge in [0.15, 0.2) is 0 Å². The molecule has 2 aromatic rings. The lowest BCUT2D eigenvalue weighted by Crippen LogP contribution is -2.28. The standard InChI is InChI=1S/C20H22N2O3/c1-13-5-4-6-18(14(13)2)22-12-15(11-19(22)23)20(24)21-16-7-9-17(25-3)10-8-16/h4-10,15H,11-12H2,1-3H3,(H,21,24)/t15-/m1/s1. The molecule has 2 amide bonds. The summed E-state index contributed by atoms with van der Waals surface area (Å²) in [5, 5.41) is 2.88. The zero-order chi connectivity index (χ0) is 18.0. The molecule has 1 N–H and O–H groups in total. The lowest BCUT2D eigenvalue weighted by Gasteiger charge is -2.20. The molecule has 25 heavy (non-hydrogen) atoms. The Kier molecular flexibility index (Phi) is 4.74. The van der Waals surface area contributed by atoms with E-state index < -0.39 is 0 Å². The predicted octanol–water partition coefficient (Wildman–Crippen LogP) is 3.30. The van der Waals surface area contributed by atoms with Crippen molar-refractivity contribution >= 4 is 23.2 Å². The number of amides is 2. The van der Waals surface area contributed by atoms with Crippen LogP contribution < -0.4 is 15.0 Å². The van der Waals surface area contributed by atoms with Crippen molar-refractivity contribution in [1.29, 1.82) is 0 Å². The van der Waals surface area contributed by atoms with E-state index in [1.807, 2.05) is 32.0 Å². The third-order valence-electron chi connectivity index (χ3n) is 4.72. The van der Waals surface area contributed by atoms with E-state index in [9.17, 15) is 9.59 Å².